The number of aromatic nitrogens is 2. The van der Waals surface area contributed by atoms with Gasteiger partial charge in [-0.25, -0.2) is 4.68 Å². The number of carbonyl (C=O) groups excluding carboxylic acids is 2. The van der Waals surface area contributed by atoms with Crippen LogP contribution in [-0.4, -0.2) is 40.6 Å². The molecule has 0 unspecified atom stereocenters. The molecule has 2 amide bonds. The molecule has 0 saturated heterocycles. The number of anilines is 1. The number of benzene rings is 2. The molecule has 0 atom stereocenters. The van der Waals surface area contributed by atoms with Crippen LogP contribution >= 0.6 is 11.3 Å². The van der Waals surface area contributed by atoms with Gasteiger partial charge in [-0.15, -0.1) is 11.3 Å². The van der Waals surface area contributed by atoms with Gasteiger partial charge in [0.1, 0.15) is 5.69 Å². The molecule has 0 aliphatic rings. The first-order valence-corrected chi connectivity index (χ1v) is 10.7. The van der Waals surface area contributed by atoms with E-state index in [4.69, 9.17) is 0 Å². The van der Waals surface area contributed by atoms with Crippen molar-refractivity contribution in [3.05, 3.63) is 89.4 Å². The largest absolute Gasteiger partial charge is 0.349 e. The average Bonchev–Trinajstić information content (AvgIpc) is 3.45. The van der Waals surface area contributed by atoms with Crippen LogP contribution < -0.4 is 5.32 Å². The van der Waals surface area contributed by atoms with Gasteiger partial charge in [0.2, 0.25) is 5.91 Å². The minimum Gasteiger partial charge on any atom is -0.349 e. The van der Waals surface area contributed by atoms with Crippen LogP contribution in [0.15, 0.2) is 78.3 Å². The molecule has 2 aromatic carbocycles. The van der Waals surface area contributed by atoms with Crippen LogP contribution in [0.3, 0.4) is 0 Å². The van der Waals surface area contributed by atoms with Gasteiger partial charge in [-0.2, -0.15) is 5.10 Å². The van der Waals surface area contributed by atoms with Crippen molar-refractivity contribution in [2.75, 3.05) is 19.4 Å². The number of likely N-dealkylation sites (N-methyl/N-ethyl adjacent to an activating group) is 1. The summed E-state index contributed by atoms with van der Waals surface area (Å²) in [6.45, 7) is 0. The molecule has 0 spiro atoms. The third-order valence-electron chi connectivity index (χ3n) is 4.80. The molecule has 0 saturated carbocycles. The van der Waals surface area contributed by atoms with Gasteiger partial charge in [-0.05, 0) is 41.3 Å². The highest BCUT2D eigenvalue weighted by Crippen LogP contribution is 2.28. The highest BCUT2D eigenvalue weighted by Gasteiger charge is 2.19. The van der Waals surface area contributed by atoms with E-state index < -0.39 is 0 Å². The number of carbonyl (C=O) groups is 2. The summed E-state index contributed by atoms with van der Waals surface area (Å²) in [6.07, 6.45) is 2.08. The molecule has 4 aromatic rings. The lowest BCUT2D eigenvalue weighted by Gasteiger charge is -2.10. The number of amides is 2. The van der Waals surface area contributed by atoms with Crippen molar-refractivity contribution in [2.45, 2.75) is 6.42 Å². The molecule has 6 nitrogen and oxygen atoms in total. The van der Waals surface area contributed by atoms with Crippen molar-refractivity contribution in [1.29, 1.82) is 0 Å². The quantitative estimate of drug-likeness (QED) is 0.490. The summed E-state index contributed by atoms with van der Waals surface area (Å²) in [4.78, 5) is 27.5. The monoisotopic (exact) mass is 430 g/mol. The van der Waals surface area contributed by atoms with Crippen LogP contribution in [0.5, 0.6) is 0 Å². The maximum Gasteiger partial charge on any atom is 0.259 e. The van der Waals surface area contributed by atoms with E-state index in [1.807, 2.05) is 72.1 Å². The van der Waals surface area contributed by atoms with Crippen LogP contribution in [0.2, 0.25) is 0 Å². The zero-order valence-corrected chi connectivity index (χ0v) is 18.1. The van der Waals surface area contributed by atoms with Crippen molar-refractivity contribution in [2.24, 2.45) is 0 Å². The minimum atomic E-state index is -0.234. The Bertz CT molecular complexity index is 1180. The zero-order chi connectivity index (χ0) is 21.8. The van der Waals surface area contributed by atoms with Crippen molar-refractivity contribution in [1.82, 2.24) is 14.7 Å². The molecule has 0 bridgehead atoms. The van der Waals surface area contributed by atoms with E-state index in [1.54, 1.807) is 41.2 Å². The maximum atomic E-state index is 13.1. The van der Waals surface area contributed by atoms with Crippen LogP contribution in [0, 0.1) is 0 Å². The summed E-state index contributed by atoms with van der Waals surface area (Å²) in [5.41, 5.74) is 3.58. The topological polar surface area (TPSA) is 67.2 Å². The lowest BCUT2D eigenvalue weighted by Crippen LogP contribution is -2.23. The number of thiophene rings is 1. The Morgan fingerprint density at radius 3 is 2.39 bits per heavy atom. The lowest BCUT2D eigenvalue weighted by atomic mass is 10.1. The van der Waals surface area contributed by atoms with Gasteiger partial charge in [0.05, 0.1) is 22.5 Å². The first-order valence-electron chi connectivity index (χ1n) is 9.80. The second-order valence-corrected chi connectivity index (χ2v) is 8.21. The molecular weight excluding hydrogens is 408 g/mol. The number of para-hydroxylation sites is 1. The molecule has 4 rings (SSSR count). The highest BCUT2D eigenvalue weighted by molar-refractivity contribution is 7.13. The summed E-state index contributed by atoms with van der Waals surface area (Å²) < 4.78 is 1.72. The van der Waals surface area contributed by atoms with E-state index >= 15 is 0 Å². The Kier molecular flexibility index (Phi) is 5.95. The van der Waals surface area contributed by atoms with E-state index in [9.17, 15) is 9.59 Å². The minimum absolute atomic E-state index is 0.0331. The molecule has 0 fully saturated rings. The molecule has 156 valence electrons. The number of nitrogens with one attached hydrogen (secondary N) is 1. The number of nitrogens with zero attached hydrogens (tertiary/aromatic N) is 3. The maximum absolute atomic E-state index is 13.1. The lowest BCUT2D eigenvalue weighted by molar-refractivity contribution is -0.127. The summed E-state index contributed by atoms with van der Waals surface area (Å²) in [6, 6.07) is 20.9. The summed E-state index contributed by atoms with van der Waals surface area (Å²) >= 11 is 1.54. The van der Waals surface area contributed by atoms with E-state index in [1.165, 1.54) is 0 Å². The molecule has 7 heteroatoms. The Morgan fingerprint density at radius 2 is 1.74 bits per heavy atom. The van der Waals surface area contributed by atoms with E-state index in [-0.39, 0.29) is 11.8 Å². The van der Waals surface area contributed by atoms with Crippen LogP contribution in [-0.2, 0) is 11.2 Å². The second kappa shape index (κ2) is 8.97. The fraction of sp³-hybridized carbons (Fsp3) is 0.125. The first-order chi connectivity index (χ1) is 15.0. The second-order valence-electron chi connectivity index (χ2n) is 7.26. The Morgan fingerprint density at radius 1 is 1.00 bits per heavy atom. The molecule has 0 aliphatic carbocycles. The van der Waals surface area contributed by atoms with Gasteiger partial charge in [-0.1, -0.05) is 36.4 Å². The smallest absolute Gasteiger partial charge is 0.259 e. The van der Waals surface area contributed by atoms with Crippen LogP contribution in [0.25, 0.3) is 16.3 Å². The van der Waals surface area contributed by atoms with Gasteiger partial charge in [-0.3, -0.25) is 9.59 Å². The molecule has 2 heterocycles. The van der Waals surface area contributed by atoms with Crippen LogP contribution in [0.4, 0.5) is 5.69 Å². The molecule has 0 aliphatic heterocycles. The Labute approximate surface area is 184 Å². The van der Waals surface area contributed by atoms with Gasteiger partial charge in [0, 0.05) is 26.0 Å². The van der Waals surface area contributed by atoms with Crippen molar-refractivity contribution in [3.8, 4) is 16.3 Å². The fourth-order valence-electron chi connectivity index (χ4n) is 3.09. The highest BCUT2D eigenvalue weighted by atomic mass is 32.1. The average molecular weight is 431 g/mol. The normalized spacial score (nSPS) is 10.6. The predicted octanol–water partition coefficient (Wildman–Crippen LogP) is 4.48. The van der Waals surface area contributed by atoms with E-state index in [0.29, 0.717) is 23.4 Å². The summed E-state index contributed by atoms with van der Waals surface area (Å²) in [5.74, 6) is -0.201. The third kappa shape index (κ3) is 4.73. The molecule has 2 aromatic heterocycles. The predicted molar refractivity (Wildman–Crippen MR) is 124 cm³/mol. The third-order valence-corrected chi connectivity index (χ3v) is 5.68. The van der Waals surface area contributed by atoms with Crippen molar-refractivity contribution >= 4 is 28.8 Å². The molecule has 31 heavy (non-hydrogen) atoms. The molecule has 0 radical (unpaired) electrons. The van der Waals surface area contributed by atoms with Crippen molar-refractivity contribution < 1.29 is 9.59 Å². The Balaban J connectivity index is 1.58. The standard InChI is InChI=1S/C24H22N4O2S/c1-27(2)22(29)15-17-10-12-18(13-11-17)25-24(30)20-16-28(19-7-4-3-5-8-19)26-23(20)21-9-6-14-31-21/h3-14,16H,15H2,1-2H3,(H,25,30). The van der Waals surface area contributed by atoms with Gasteiger partial charge in [0.25, 0.3) is 5.91 Å². The number of hydrogen-bond donors (Lipinski definition) is 1. The van der Waals surface area contributed by atoms with Crippen molar-refractivity contribution in [3.63, 3.8) is 0 Å². The van der Waals surface area contributed by atoms with Gasteiger partial charge < -0.3 is 10.2 Å². The summed E-state index contributed by atoms with van der Waals surface area (Å²) in [7, 11) is 3.47. The molecule has 1 N–H and O–H groups in total. The van der Waals surface area contributed by atoms with Crippen LogP contribution in [0.1, 0.15) is 15.9 Å². The van der Waals surface area contributed by atoms with E-state index in [2.05, 4.69) is 10.4 Å². The van der Waals surface area contributed by atoms with Gasteiger partial charge >= 0.3 is 0 Å². The van der Waals surface area contributed by atoms with E-state index in [0.717, 1.165) is 16.1 Å². The first kappa shape index (κ1) is 20.6. The SMILES string of the molecule is CN(C)C(=O)Cc1ccc(NC(=O)c2cn(-c3ccccc3)nc2-c2cccs2)cc1. The number of hydrogen-bond acceptors (Lipinski definition) is 4. The Hall–Kier alpha value is -3.71. The fourth-order valence-corrected chi connectivity index (χ4v) is 3.81. The molecular formula is C24H22N4O2S. The zero-order valence-electron chi connectivity index (χ0n) is 17.3. The summed E-state index contributed by atoms with van der Waals surface area (Å²) in [5, 5.41) is 9.58. The number of rotatable bonds is 6. The van der Waals surface area contributed by atoms with Gasteiger partial charge in [0.15, 0.2) is 0 Å².